The van der Waals surface area contributed by atoms with Gasteiger partial charge in [0.2, 0.25) is 0 Å². The van der Waals surface area contributed by atoms with Gasteiger partial charge in [-0.25, -0.2) is 9.37 Å². The number of carbonyl (C=O) groups excluding carboxylic acids is 1. The summed E-state index contributed by atoms with van der Waals surface area (Å²) in [5, 5.41) is 2.79. The zero-order valence-electron chi connectivity index (χ0n) is 9.58. The van der Waals surface area contributed by atoms with Crippen LogP contribution in [-0.2, 0) is 0 Å². The predicted molar refractivity (Wildman–Crippen MR) is 68.3 cm³/mol. The first-order valence-electron chi connectivity index (χ1n) is 5.26. The first-order chi connectivity index (χ1) is 8.58. The van der Waals surface area contributed by atoms with Crippen molar-refractivity contribution in [3.8, 4) is 0 Å². The fourth-order valence-corrected chi connectivity index (χ4v) is 1.56. The first-order valence-corrected chi connectivity index (χ1v) is 5.64. The van der Waals surface area contributed by atoms with Gasteiger partial charge in [0.15, 0.2) is 0 Å². The van der Waals surface area contributed by atoms with Crippen LogP contribution < -0.4 is 5.32 Å². The lowest BCUT2D eigenvalue weighted by Crippen LogP contribution is -2.13. The number of pyridine rings is 1. The van der Waals surface area contributed by atoms with E-state index in [9.17, 15) is 9.18 Å². The quantitative estimate of drug-likeness (QED) is 0.845. The van der Waals surface area contributed by atoms with Crippen molar-refractivity contribution in [2.24, 2.45) is 0 Å². The molecule has 1 amide bonds. The fourth-order valence-electron chi connectivity index (χ4n) is 1.45. The lowest BCUT2D eigenvalue weighted by molar-refractivity contribution is 0.102. The molecule has 0 saturated carbocycles. The van der Waals surface area contributed by atoms with Crippen molar-refractivity contribution < 1.29 is 9.18 Å². The third-order valence-electron chi connectivity index (χ3n) is 2.43. The summed E-state index contributed by atoms with van der Waals surface area (Å²) in [4.78, 5) is 15.6. The van der Waals surface area contributed by atoms with Crippen molar-refractivity contribution >= 4 is 23.2 Å². The van der Waals surface area contributed by atoms with Gasteiger partial charge in [0.05, 0.1) is 11.3 Å². The first kappa shape index (κ1) is 12.5. The number of nitrogens with one attached hydrogen (secondary N) is 1. The number of hydrogen-bond acceptors (Lipinski definition) is 2. The third kappa shape index (κ3) is 2.65. The number of hydrogen-bond donors (Lipinski definition) is 1. The van der Waals surface area contributed by atoms with Gasteiger partial charge in [0.1, 0.15) is 11.0 Å². The number of carbonyl (C=O) groups is 1. The molecule has 0 radical (unpaired) electrons. The van der Waals surface area contributed by atoms with Crippen LogP contribution >= 0.6 is 11.6 Å². The number of halogens is 2. The van der Waals surface area contributed by atoms with Gasteiger partial charge in [0, 0.05) is 6.20 Å². The minimum atomic E-state index is -0.437. The van der Waals surface area contributed by atoms with Crippen molar-refractivity contribution in [1.82, 2.24) is 4.98 Å². The summed E-state index contributed by atoms with van der Waals surface area (Å²) in [6, 6.07) is 7.84. The van der Waals surface area contributed by atoms with Gasteiger partial charge < -0.3 is 5.32 Å². The molecule has 0 aliphatic rings. The number of amides is 1. The molecule has 92 valence electrons. The Morgan fingerprint density at radius 3 is 2.78 bits per heavy atom. The zero-order valence-corrected chi connectivity index (χ0v) is 10.3. The average molecular weight is 265 g/mol. The van der Waals surface area contributed by atoms with E-state index in [1.54, 1.807) is 19.1 Å². The molecule has 1 heterocycles. The Bertz CT molecular complexity index is 584. The lowest BCUT2D eigenvalue weighted by Gasteiger charge is -2.07. The lowest BCUT2D eigenvalue weighted by atomic mass is 10.2. The maximum Gasteiger partial charge on any atom is 0.257 e. The smallest absolute Gasteiger partial charge is 0.257 e. The minimum absolute atomic E-state index is 0.148. The zero-order chi connectivity index (χ0) is 13.1. The highest BCUT2D eigenvalue weighted by Gasteiger charge is 2.10. The molecule has 0 aliphatic heterocycles. The SMILES string of the molecule is Cc1cccc(NC(=O)c2ccc(Cl)nc2)c1F. The second-order valence-corrected chi connectivity index (χ2v) is 4.15. The van der Waals surface area contributed by atoms with Gasteiger partial charge in [-0.05, 0) is 30.7 Å². The molecule has 0 bridgehead atoms. The highest BCUT2D eigenvalue weighted by Crippen LogP contribution is 2.18. The number of nitrogens with zero attached hydrogens (tertiary/aromatic N) is 1. The Hall–Kier alpha value is -1.94. The molecule has 0 aliphatic carbocycles. The van der Waals surface area contributed by atoms with Crippen LogP contribution in [-0.4, -0.2) is 10.9 Å². The highest BCUT2D eigenvalue weighted by atomic mass is 35.5. The molecule has 0 fully saturated rings. The molecule has 2 rings (SSSR count). The summed E-state index contributed by atoms with van der Waals surface area (Å²) < 4.78 is 13.7. The standard InChI is InChI=1S/C13H10ClFN2O/c1-8-3-2-4-10(12(8)15)17-13(18)9-5-6-11(14)16-7-9/h2-7H,1H3,(H,17,18). The Morgan fingerprint density at radius 2 is 2.11 bits per heavy atom. The molecular weight excluding hydrogens is 255 g/mol. The van der Waals surface area contributed by atoms with E-state index in [0.29, 0.717) is 16.3 Å². The van der Waals surface area contributed by atoms with E-state index in [0.717, 1.165) is 0 Å². The number of anilines is 1. The molecule has 5 heteroatoms. The fraction of sp³-hybridized carbons (Fsp3) is 0.0769. The van der Waals surface area contributed by atoms with Gasteiger partial charge in [-0.15, -0.1) is 0 Å². The van der Waals surface area contributed by atoms with Crippen LogP contribution in [0.1, 0.15) is 15.9 Å². The van der Waals surface area contributed by atoms with Crippen LogP contribution in [0.3, 0.4) is 0 Å². The summed E-state index contributed by atoms with van der Waals surface area (Å²) in [6.45, 7) is 1.63. The predicted octanol–water partition coefficient (Wildman–Crippen LogP) is 3.43. The summed E-state index contributed by atoms with van der Waals surface area (Å²) >= 11 is 5.62. The van der Waals surface area contributed by atoms with Crippen molar-refractivity contribution in [1.29, 1.82) is 0 Å². The van der Waals surface area contributed by atoms with E-state index in [1.807, 2.05) is 0 Å². The van der Waals surface area contributed by atoms with Crippen molar-refractivity contribution in [2.45, 2.75) is 6.92 Å². The molecule has 2 aromatic rings. The molecule has 1 N–H and O–H groups in total. The van der Waals surface area contributed by atoms with Crippen molar-refractivity contribution in [2.75, 3.05) is 5.32 Å². The van der Waals surface area contributed by atoms with Gasteiger partial charge >= 0.3 is 0 Å². The summed E-state index contributed by atoms with van der Waals surface area (Å²) in [6.07, 6.45) is 1.34. The second kappa shape index (κ2) is 5.14. The van der Waals surface area contributed by atoms with Crippen LogP contribution in [0, 0.1) is 12.7 Å². The number of aromatic nitrogens is 1. The summed E-state index contributed by atoms with van der Waals surface area (Å²) in [5.41, 5.74) is 0.942. The van der Waals surface area contributed by atoms with E-state index in [4.69, 9.17) is 11.6 Å². The van der Waals surface area contributed by atoms with E-state index >= 15 is 0 Å². The number of aryl methyl sites for hydroxylation is 1. The maximum atomic E-state index is 13.7. The van der Waals surface area contributed by atoms with Gasteiger partial charge in [-0.2, -0.15) is 0 Å². The molecule has 0 spiro atoms. The van der Waals surface area contributed by atoms with Crippen molar-refractivity contribution in [3.05, 3.63) is 58.6 Å². The van der Waals surface area contributed by atoms with Crippen LogP contribution in [0.5, 0.6) is 0 Å². The van der Waals surface area contributed by atoms with Crippen LogP contribution in [0.2, 0.25) is 5.15 Å². The van der Waals surface area contributed by atoms with Gasteiger partial charge in [-0.1, -0.05) is 23.7 Å². The largest absolute Gasteiger partial charge is 0.319 e. The number of rotatable bonds is 2. The maximum absolute atomic E-state index is 13.7. The van der Waals surface area contributed by atoms with E-state index in [1.165, 1.54) is 24.4 Å². The Kier molecular flexibility index (Phi) is 3.58. The highest BCUT2D eigenvalue weighted by molar-refractivity contribution is 6.29. The molecule has 0 saturated heterocycles. The van der Waals surface area contributed by atoms with Crippen LogP contribution in [0.15, 0.2) is 36.5 Å². The van der Waals surface area contributed by atoms with E-state index < -0.39 is 11.7 Å². The Labute approximate surface area is 109 Å². The molecule has 0 unspecified atom stereocenters. The minimum Gasteiger partial charge on any atom is -0.319 e. The van der Waals surface area contributed by atoms with E-state index in [-0.39, 0.29) is 5.69 Å². The Balaban J connectivity index is 2.21. The summed E-state index contributed by atoms with van der Waals surface area (Å²) in [7, 11) is 0. The third-order valence-corrected chi connectivity index (χ3v) is 2.65. The monoisotopic (exact) mass is 264 g/mol. The molecule has 1 aromatic carbocycles. The second-order valence-electron chi connectivity index (χ2n) is 3.76. The van der Waals surface area contributed by atoms with Gasteiger partial charge in [-0.3, -0.25) is 4.79 Å². The van der Waals surface area contributed by atoms with Crippen LogP contribution in [0.4, 0.5) is 10.1 Å². The average Bonchev–Trinajstić information content (AvgIpc) is 2.36. The van der Waals surface area contributed by atoms with E-state index in [2.05, 4.69) is 10.3 Å². The molecule has 1 aromatic heterocycles. The number of benzene rings is 1. The topological polar surface area (TPSA) is 42.0 Å². The molecular formula is C13H10ClFN2O. The molecule has 3 nitrogen and oxygen atoms in total. The molecule has 18 heavy (non-hydrogen) atoms. The Morgan fingerprint density at radius 1 is 1.33 bits per heavy atom. The van der Waals surface area contributed by atoms with Crippen molar-refractivity contribution in [3.63, 3.8) is 0 Å². The van der Waals surface area contributed by atoms with Gasteiger partial charge in [0.25, 0.3) is 5.91 Å². The normalized spacial score (nSPS) is 10.2. The summed E-state index contributed by atoms with van der Waals surface area (Å²) in [5.74, 6) is -0.864. The molecule has 0 atom stereocenters. The van der Waals surface area contributed by atoms with Crippen LogP contribution in [0.25, 0.3) is 0 Å².